The molecule has 1 aliphatic heterocycles. The zero-order chi connectivity index (χ0) is 19.4. The third-order valence-corrected chi connectivity index (χ3v) is 6.99. The van der Waals surface area contributed by atoms with Gasteiger partial charge in [-0.15, -0.1) is 0 Å². The number of ether oxygens (including phenoxy) is 1. The minimum atomic E-state index is -3.77. The molecule has 2 amide bonds. The first-order chi connectivity index (χ1) is 12.8. The average Bonchev–Trinajstić information content (AvgIpc) is 2.88. The van der Waals surface area contributed by atoms with Crippen LogP contribution in [0.3, 0.4) is 0 Å². The van der Waals surface area contributed by atoms with Crippen molar-refractivity contribution < 1.29 is 22.7 Å². The summed E-state index contributed by atoms with van der Waals surface area (Å²) >= 11 is 6.10. The van der Waals surface area contributed by atoms with E-state index in [0.29, 0.717) is 5.69 Å². The zero-order valence-corrected chi connectivity index (χ0v) is 16.5. The zero-order valence-electron chi connectivity index (χ0n) is 14.9. The lowest BCUT2D eigenvalue weighted by Crippen LogP contribution is -2.35. The molecule has 9 heteroatoms. The number of hydrogen-bond acceptors (Lipinski definition) is 5. The number of nitrogens with one attached hydrogen (secondary N) is 2. The van der Waals surface area contributed by atoms with Crippen molar-refractivity contribution in [3.8, 4) is 5.75 Å². The maximum absolute atomic E-state index is 12.6. The number of benzene rings is 1. The van der Waals surface area contributed by atoms with Gasteiger partial charge in [0.05, 0.1) is 21.4 Å². The summed E-state index contributed by atoms with van der Waals surface area (Å²) in [6, 6.07) is 2.79. The fraction of sp³-hybridized carbons (Fsp3) is 0.556. The van der Waals surface area contributed by atoms with Crippen molar-refractivity contribution in [3.63, 3.8) is 0 Å². The molecule has 148 valence electrons. The van der Waals surface area contributed by atoms with Crippen LogP contribution in [0.15, 0.2) is 17.0 Å². The highest BCUT2D eigenvalue weighted by Crippen LogP contribution is 2.36. The summed E-state index contributed by atoms with van der Waals surface area (Å²) in [5.41, 5.74) is 0.335. The second kappa shape index (κ2) is 8.48. The number of sulfone groups is 1. The van der Waals surface area contributed by atoms with Crippen LogP contribution in [-0.2, 0) is 19.4 Å². The number of rotatable bonds is 5. The van der Waals surface area contributed by atoms with Gasteiger partial charge < -0.3 is 15.4 Å². The molecule has 0 bridgehead atoms. The summed E-state index contributed by atoms with van der Waals surface area (Å²) in [6.07, 6.45) is 6.30. The van der Waals surface area contributed by atoms with Crippen LogP contribution in [0.5, 0.6) is 5.75 Å². The van der Waals surface area contributed by atoms with Gasteiger partial charge in [0.1, 0.15) is 5.75 Å². The monoisotopic (exact) mass is 414 g/mol. The summed E-state index contributed by atoms with van der Waals surface area (Å²) in [5, 5.41) is 5.51. The highest BCUT2D eigenvalue weighted by molar-refractivity contribution is 7.91. The Hall–Kier alpha value is -1.80. The van der Waals surface area contributed by atoms with E-state index in [4.69, 9.17) is 16.3 Å². The van der Waals surface area contributed by atoms with Crippen LogP contribution in [0, 0.1) is 0 Å². The standard InChI is InChI=1S/C18H23ClN2O5S/c19-13-9-14-15(26-11-18(23)21-14)10-16(13)27(24,25)8-7-17(22)20-12-5-3-1-2-4-6-12/h9-10,12H,1-8,11H2,(H,20,22)(H,21,23). The number of hydrogen-bond donors (Lipinski definition) is 2. The van der Waals surface area contributed by atoms with E-state index < -0.39 is 9.84 Å². The molecule has 1 saturated carbocycles. The fourth-order valence-corrected chi connectivity index (χ4v) is 5.21. The highest BCUT2D eigenvalue weighted by atomic mass is 35.5. The van der Waals surface area contributed by atoms with E-state index in [2.05, 4.69) is 10.6 Å². The normalized spacial score (nSPS) is 18.0. The molecule has 0 radical (unpaired) electrons. The summed E-state index contributed by atoms with van der Waals surface area (Å²) in [4.78, 5) is 23.4. The SMILES string of the molecule is O=C1COc2cc(S(=O)(=O)CCC(=O)NC3CCCCCC3)c(Cl)cc2N1. The molecule has 3 rings (SSSR count). The molecule has 0 saturated heterocycles. The predicted molar refractivity (Wildman–Crippen MR) is 102 cm³/mol. The van der Waals surface area contributed by atoms with Crippen molar-refractivity contribution in [2.24, 2.45) is 0 Å². The molecule has 0 unspecified atom stereocenters. The van der Waals surface area contributed by atoms with Crippen LogP contribution in [0.1, 0.15) is 44.9 Å². The Kier molecular flexibility index (Phi) is 6.26. The van der Waals surface area contributed by atoms with Gasteiger partial charge in [-0.3, -0.25) is 9.59 Å². The van der Waals surface area contributed by atoms with E-state index in [0.717, 1.165) is 25.7 Å². The molecule has 27 heavy (non-hydrogen) atoms. The van der Waals surface area contributed by atoms with E-state index >= 15 is 0 Å². The number of anilines is 1. The van der Waals surface area contributed by atoms with Crippen LogP contribution >= 0.6 is 11.6 Å². The Morgan fingerprint density at radius 3 is 2.63 bits per heavy atom. The van der Waals surface area contributed by atoms with Crippen LogP contribution < -0.4 is 15.4 Å². The van der Waals surface area contributed by atoms with Crippen LogP contribution in [0.25, 0.3) is 0 Å². The Bertz CT molecular complexity index is 832. The highest BCUT2D eigenvalue weighted by Gasteiger charge is 2.25. The summed E-state index contributed by atoms with van der Waals surface area (Å²) < 4.78 is 30.5. The summed E-state index contributed by atoms with van der Waals surface area (Å²) in [6.45, 7) is -0.183. The van der Waals surface area contributed by atoms with E-state index in [1.54, 1.807) is 0 Å². The van der Waals surface area contributed by atoms with Crippen LogP contribution in [0.2, 0.25) is 5.02 Å². The fourth-order valence-electron chi connectivity index (χ4n) is 3.38. The van der Waals surface area contributed by atoms with Crippen LogP contribution in [-0.4, -0.2) is 38.6 Å². The lowest BCUT2D eigenvalue weighted by molar-refractivity contribution is -0.121. The topological polar surface area (TPSA) is 102 Å². The molecule has 1 aliphatic carbocycles. The van der Waals surface area contributed by atoms with Crippen molar-refractivity contribution in [1.29, 1.82) is 0 Å². The van der Waals surface area contributed by atoms with Crippen molar-refractivity contribution >= 4 is 38.9 Å². The maximum atomic E-state index is 12.6. The molecular weight excluding hydrogens is 392 g/mol. The molecule has 0 spiro atoms. The van der Waals surface area contributed by atoms with Gasteiger partial charge in [-0.2, -0.15) is 0 Å². The second-order valence-electron chi connectivity index (χ2n) is 6.94. The molecule has 7 nitrogen and oxygen atoms in total. The van der Waals surface area contributed by atoms with Crippen molar-refractivity contribution in [1.82, 2.24) is 5.32 Å². The first-order valence-electron chi connectivity index (χ1n) is 9.13. The molecule has 1 aromatic carbocycles. The maximum Gasteiger partial charge on any atom is 0.262 e. The molecular formula is C18H23ClN2O5S. The van der Waals surface area contributed by atoms with E-state index in [-0.39, 0.29) is 52.3 Å². The molecule has 1 aromatic rings. The first-order valence-corrected chi connectivity index (χ1v) is 11.2. The van der Waals surface area contributed by atoms with Crippen molar-refractivity contribution in [2.75, 3.05) is 17.7 Å². The van der Waals surface area contributed by atoms with Gasteiger partial charge in [0, 0.05) is 18.5 Å². The smallest absolute Gasteiger partial charge is 0.262 e. The molecule has 0 aromatic heterocycles. The van der Waals surface area contributed by atoms with Crippen LogP contribution in [0.4, 0.5) is 5.69 Å². The molecule has 2 aliphatic rings. The Labute approximate surface area is 163 Å². The number of fused-ring (bicyclic) bond motifs is 1. The lowest BCUT2D eigenvalue weighted by atomic mass is 10.1. The van der Waals surface area contributed by atoms with E-state index in [9.17, 15) is 18.0 Å². The Balaban J connectivity index is 1.64. The van der Waals surface area contributed by atoms with Gasteiger partial charge in [-0.1, -0.05) is 37.3 Å². The number of amides is 2. The van der Waals surface area contributed by atoms with Crippen molar-refractivity contribution in [3.05, 3.63) is 17.2 Å². The molecule has 1 fully saturated rings. The average molecular weight is 415 g/mol. The molecule has 0 atom stereocenters. The summed E-state index contributed by atoms with van der Waals surface area (Å²) in [5.74, 6) is -0.677. The largest absolute Gasteiger partial charge is 0.482 e. The number of carbonyl (C=O) groups excluding carboxylic acids is 2. The number of halogens is 1. The predicted octanol–water partition coefficient (Wildman–Crippen LogP) is 2.67. The van der Waals surface area contributed by atoms with Gasteiger partial charge in [-0.05, 0) is 18.9 Å². The van der Waals surface area contributed by atoms with Gasteiger partial charge in [-0.25, -0.2) is 8.42 Å². The van der Waals surface area contributed by atoms with E-state index in [1.165, 1.54) is 25.0 Å². The van der Waals surface area contributed by atoms with Gasteiger partial charge in [0.2, 0.25) is 5.91 Å². The second-order valence-corrected chi connectivity index (χ2v) is 9.43. The Morgan fingerprint density at radius 1 is 1.22 bits per heavy atom. The first kappa shape index (κ1) is 19.9. The third kappa shape index (κ3) is 5.13. The van der Waals surface area contributed by atoms with E-state index in [1.807, 2.05) is 0 Å². The molecule has 1 heterocycles. The quantitative estimate of drug-likeness (QED) is 0.721. The Morgan fingerprint density at radius 2 is 1.93 bits per heavy atom. The molecule has 2 N–H and O–H groups in total. The van der Waals surface area contributed by atoms with Crippen molar-refractivity contribution in [2.45, 2.75) is 55.9 Å². The lowest BCUT2D eigenvalue weighted by Gasteiger charge is -2.19. The minimum Gasteiger partial charge on any atom is -0.482 e. The van der Waals surface area contributed by atoms with Gasteiger partial charge in [0.15, 0.2) is 16.4 Å². The summed E-state index contributed by atoms with van der Waals surface area (Å²) in [7, 11) is -3.77. The third-order valence-electron chi connectivity index (χ3n) is 4.82. The minimum absolute atomic E-state index is 0.0104. The van der Waals surface area contributed by atoms with Gasteiger partial charge in [0.25, 0.3) is 5.91 Å². The number of carbonyl (C=O) groups is 2. The van der Waals surface area contributed by atoms with Gasteiger partial charge >= 0.3 is 0 Å².